The first-order chi connectivity index (χ1) is 39.4. The predicted octanol–water partition coefficient (Wildman–Crippen LogP) is -1.58. The van der Waals surface area contributed by atoms with Crippen LogP contribution in [0.2, 0.25) is 0 Å². The van der Waals surface area contributed by atoms with Gasteiger partial charge in [-0.1, -0.05) is 24.3 Å². The molecule has 4 aromatic carbocycles. The molecule has 0 saturated carbocycles. The summed E-state index contributed by atoms with van der Waals surface area (Å²) in [6, 6.07) is 15.3. The summed E-state index contributed by atoms with van der Waals surface area (Å²) in [5, 5.41) is 161. The molecule has 0 bridgehead atoms. The molecule has 8 rings (SSSR count). The van der Waals surface area contributed by atoms with Crippen molar-refractivity contribution in [2.45, 2.75) is 105 Å². The number of aliphatic carboxylic acids is 1. The molecule has 3 fully saturated rings. The van der Waals surface area contributed by atoms with Crippen molar-refractivity contribution in [2.75, 3.05) is 19.8 Å². The van der Waals surface area contributed by atoms with E-state index in [2.05, 4.69) is 0 Å². The van der Waals surface area contributed by atoms with Crippen LogP contribution in [0.15, 0.2) is 90.7 Å². The lowest BCUT2D eigenvalue weighted by Crippen LogP contribution is -2.60. The summed E-state index contributed by atoms with van der Waals surface area (Å²) in [5.74, 6) is -9.46. The third kappa shape index (κ3) is 14.7. The maximum atomic E-state index is 12.7. The van der Waals surface area contributed by atoms with Gasteiger partial charge in [-0.25, -0.2) is 9.59 Å². The fourth-order valence-corrected chi connectivity index (χ4v) is 8.62. The van der Waals surface area contributed by atoms with Gasteiger partial charge in [-0.15, -0.1) is 0 Å². The zero-order valence-corrected chi connectivity index (χ0v) is 42.8. The first kappa shape index (κ1) is 60.8. The number of fused-ring (bicyclic) bond motifs is 1. The van der Waals surface area contributed by atoms with E-state index in [1.807, 2.05) is 0 Å². The minimum absolute atomic E-state index is 0.0357. The summed E-state index contributed by atoms with van der Waals surface area (Å²) in [6.07, 6.45) is -27.2. The first-order valence-electron chi connectivity index (χ1n) is 25.0. The van der Waals surface area contributed by atoms with Crippen molar-refractivity contribution in [3.63, 3.8) is 0 Å². The monoisotopic (exact) mass is 1170 g/mol. The fourth-order valence-electron chi connectivity index (χ4n) is 8.62. The molecule has 29 nitrogen and oxygen atoms in total. The van der Waals surface area contributed by atoms with Gasteiger partial charge in [-0.2, -0.15) is 0 Å². The highest BCUT2D eigenvalue weighted by atomic mass is 16.7. The number of benzene rings is 4. The number of hydrogen-bond donors (Lipinski definition) is 15. The number of carbonyl (C=O) groups is 4. The van der Waals surface area contributed by atoms with E-state index in [1.165, 1.54) is 60.7 Å². The third-order valence-electron chi connectivity index (χ3n) is 13.1. The highest BCUT2D eigenvalue weighted by molar-refractivity contribution is 5.90. The number of ether oxygens (including phenoxy) is 10. The predicted molar refractivity (Wildman–Crippen MR) is 271 cm³/mol. The van der Waals surface area contributed by atoms with E-state index in [-0.39, 0.29) is 28.4 Å². The van der Waals surface area contributed by atoms with Crippen LogP contribution in [0.4, 0.5) is 0 Å². The number of carboxylic acid groups (broad SMARTS) is 1. The number of hydrogen-bond acceptors (Lipinski definition) is 28. The summed E-state index contributed by atoms with van der Waals surface area (Å²) in [6.45, 7) is -2.46. The molecule has 4 aliphatic heterocycles. The SMILES string of the molecule is O=C(O)CC(=O)OCC1OC(OC2=Cc3c(O)cc(O)cc3OC2c2cc(OC3OC(COC(=O)C=Cc4ccc(O)cc4)C(O)C(O)C3O)c(O)c(OC3OC(COC(=O)C=Cc4ccc(O)cc4)C(O)C(O)C3O)c2)C(O)C(O)C1O. The quantitative estimate of drug-likeness (QED) is 0.0218. The Labute approximate surface area is 467 Å². The van der Waals surface area contributed by atoms with Crippen molar-refractivity contribution in [3.05, 3.63) is 113 Å². The van der Waals surface area contributed by atoms with Gasteiger partial charge in [0, 0.05) is 29.8 Å². The van der Waals surface area contributed by atoms with Gasteiger partial charge in [-0.05, 0) is 65.8 Å². The summed E-state index contributed by atoms with van der Waals surface area (Å²) in [7, 11) is 0. The van der Waals surface area contributed by atoms with Crippen molar-refractivity contribution in [2.24, 2.45) is 0 Å². The van der Waals surface area contributed by atoms with Crippen LogP contribution in [0.25, 0.3) is 18.2 Å². The number of aliphatic hydroxyl groups excluding tert-OH is 9. The van der Waals surface area contributed by atoms with Gasteiger partial charge in [-0.3, -0.25) is 9.59 Å². The Balaban J connectivity index is 1.12. The highest BCUT2D eigenvalue weighted by Gasteiger charge is 2.50. The third-order valence-corrected chi connectivity index (χ3v) is 13.1. The Hall–Kier alpha value is -8.30. The van der Waals surface area contributed by atoms with Gasteiger partial charge in [0.15, 0.2) is 17.6 Å². The van der Waals surface area contributed by atoms with E-state index in [0.29, 0.717) is 11.1 Å². The van der Waals surface area contributed by atoms with Gasteiger partial charge in [0.2, 0.25) is 24.6 Å². The summed E-state index contributed by atoms with van der Waals surface area (Å²) < 4.78 is 56.7. The zero-order valence-electron chi connectivity index (χ0n) is 42.8. The number of phenols is 5. The average molecular weight is 1170 g/mol. The smallest absolute Gasteiger partial charge is 0.330 e. The van der Waals surface area contributed by atoms with Crippen LogP contribution in [0.5, 0.6) is 46.0 Å². The number of carbonyl (C=O) groups excluding carboxylic acids is 3. The molecule has 15 N–H and O–H groups in total. The highest BCUT2D eigenvalue weighted by Crippen LogP contribution is 2.48. The summed E-state index contributed by atoms with van der Waals surface area (Å²) >= 11 is 0. The first-order valence-corrected chi connectivity index (χ1v) is 25.0. The van der Waals surface area contributed by atoms with E-state index in [4.69, 9.17) is 52.5 Å². The van der Waals surface area contributed by atoms with Gasteiger partial charge < -0.3 is 124 Å². The average Bonchev–Trinajstić information content (AvgIpc) is 3.61. The Kier molecular flexibility index (Phi) is 19.3. The van der Waals surface area contributed by atoms with Crippen molar-refractivity contribution >= 4 is 42.1 Å². The van der Waals surface area contributed by atoms with E-state index < -0.39 is 183 Å². The topological polar surface area (TPSA) is 464 Å². The molecule has 0 aromatic heterocycles. The zero-order chi connectivity index (χ0) is 60.0. The molecule has 83 heavy (non-hydrogen) atoms. The number of rotatable bonds is 19. The molecule has 0 radical (unpaired) electrons. The largest absolute Gasteiger partial charge is 0.508 e. The minimum atomic E-state index is -2.18. The van der Waals surface area contributed by atoms with Gasteiger partial charge >= 0.3 is 23.9 Å². The van der Waals surface area contributed by atoms with E-state index in [9.17, 15) is 90.7 Å². The Morgan fingerprint density at radius 3 is 1.35 bits per heavy atom. The number of phenolic OH excluding ortho intramolecular Hbond substituents is 5. The molecule has 4 aromatic rings. The maximum absolute atomic E-state index is 12.7. The molecule has 0 aliphatic carbocycles. The van der Waals surface area contributed by atoms with Crippen molar-refractivity contribution < 1.29 is 143 Å². The number of esters is 3. The molecule has 3 saturated heterocycles. The van der Waals surface area contributed by atoms with Crippen LogP contribution in [0.3, 0.4) is 0 Å². The number of aromatic hydroxyl groups is 5. The van der Waals surface area contributed by atoms with Gasteiger partial charge in [0.25, 0.3) is 0 Å². The van der Waals surface area contributed by atoms with E-state index in [0.717, 1.165) is 42.5 Å². The molecule has 29 heteroatoms. The lowest BCUT2D eigenvalue weighted by atomic mass is 9.98. The van der Waals surface area contributed by atoms with Crippen LogP contribution < -0.4 is 14.2 Å². The van der Waals surface area contributed by atoms with Crippen LogP contribution in [-0.4, -0.2) is 212 Å². The second-order valence-corrected chi connectivity index (χ2v) is 19.0. The van der Waals surface area contributed by atoms with Crippen LogP contribution in [0, 0.1) is 0 Å². The molecule has 16 atom stereocenters. The van der Waals surface area contributed by atoms with Gasteiger partial charge in [0.1, 0.15) is 134 Å². The van der Waals surface area contributed by atoms with Crippen LogP contribution in [0.1, 0.15) is 34.8 Å². The minimum Gasteiger partial charge on any atom is -0.508 e. The lowest BCUT2D eigenvalue weighted by Gasteiger charge is -2.41. The van der Waals surface area contributed by atoms with Crippen LogP contribution >= 0.6 is 0 Å². The second-order valence-electron chi connectivity index (χ2n) is 19.0. The molecule has 0 amide bonds. The van der Waals surface area contributed by atoms with E-state index >= 15 is 0 Å². The standard InChI is InChI=1S/C54H56O29/c55-25-7-1-22(2-8-25)5-11-38(61)74-19-34-42(65)45(68)48(71)52(81-34)78-31-13-24(14-32(41(31)64)79-53-49(72)46(69)43(66)35(82-53)20-75-39(62)12-6-23-3-9-26(56)10-4-23)51-33(17-28-29(58)15-27(57)16-30(28)77-51)80-54-50(73)47(70)44(67)36(83-54)21-76-40(63)18-37(59)60/h1-17,34-36,42-58,64-73H,18-21H2,(H,59,60). The van der Waals surface area contributed by atoms with Crippen molar-refractivity contribution in [1.82, 2.24) is 0 Å². The fraction of sp³-hybridized carbons (Fsp3) is 0.370. The molecule has 16 unspecified atom stereocenters. The Bertz CT molecular complexity index is 2930. The van der Waals surface area contributed by atoms with Crippen LogP contribution in [-0.2, 0) is 52.3 Å². The molecule has 4 heterocycles. The van der Waals surface area contributed by atoms with Crippen molar-refractivity contribution in [1.29, 1.82) is 0 Å². The number of carboxylic acids is 1. The summed E-state index contributed by atoms with van der Waals surface area (Å²) in [4.78, 5) is 48.6. The number of aliphatic hydroxyl groups is 9. The molecule has 4 aliphatic rings. The summed E-state index contributed by atoms with van der Waals surface area (Å²) in [5.41, 5.74) is 0.454. The molecular formula is C54H56O29. The Morgan fingerprint density at radius 1 is 0.494 bits per heavy atom. The normalized spacial score (nSPS) is 29.6. The second kappa shape index (κ2) is 26.3. The maximum Gasteiger partial charge on any atom is 0.330 e. The molecule has 0 spiro atoms. The van der Waals surface area contributed by atoms with E-state index in [1.54, 1.807) is 0 Å². The molecular weight excluding hydrogens is 1110 g/mol. The van der Waals surface area contributed by atoms with Crippen molar-refractivity contribution in [3.8, 4) is 46.0 Å². The molecule has 446 valence electrons. The Morgan fingerprint density at radius 2 is 0.916 bits per heavy atom. The van der Waals surface area contributed by atoms with Gasteiger partial charge in [0.05, 0.1) is 5.56 Å². The lowest BCUT2D eigenvalue weighted by molar-refractivity contribution is -0.294.